The molecule has 1 aliphatic carbocycles. The molecule has 0 aliphatic heterocycles. The summed E-state index contributed by atoms with van der Waals surface area (Å²) in [7, 11) is -2.95. The highest BCUT2D eigenvalue weighted by Crippen LogP contribution is 2.31. The molecule has 0 amide bonds. The van der Waals surface area contributed by atoms with E-state index in [1.54, 1.807) is 0 Å². The summed E-state index contributed by atoms with van der Waals surface area (Å²) in [4.78, 5) is 0. The Morgan fingerprint density at radius 2 is 1.95 bits per heavy atom. The van der Waals surface area contributed by atoms with Crippen molar-refractivity contribution in [2.24, 2.45) is 11.8 Å². The largest absolute Gasteiger partial charge is 0.271 e. The van der Waals surface area contributed by atoms with Crippen LogP contribution in [0.5, 0.6) is 0 Å². The molecule has 4 nitrogen and oxygen atoms in total. The standard InChI is InChI=1S/C16H26N2O2S/c1-12-6-8-13(9-7-12)10-16(18-17)14-4-3-5-15(11-14)21(2,19)20/h6-9,14-16,18H,3-5,10-11,17H2,1-2H3. The van der Waals surface area contributed by atoms with E-state index in [9.17, 15) is 8.42 Å². The van der Waals surface area contributed by atoms with Gasteiger partial charge in [-0.15, -0.1) is 0 Å². The first-order chi connectivity index (χ1) is 9.90. The van der Waals surface area contributed by atoms with Gasteiger partial charge in [0.05, 0.1) is 5.25 Å². The van der Waals surface area contributed by atoms with E-state index in [0.29, 0.717) is 5.92 Å². The van der Waals surface area contributed by atoms with Crippen molar-refractivity contribution in [3.63, 3.8) is 0 Å². The molecule has 5 heteroatoms. The fourth-order valence-electron chi connectivity index (χ4n) is 3.28. The Labute approximate surface area is 128 Å². The Morgan fingerprint density at radius 3 is 2.52 bits per heavy atom. The van der Waals surface area contributed by atoms with Gasteiger partial charge < -0.3 is 0 Å². The molecule has 118 valence electrons. The maximum atomic E-state index is 11.8. The summed E-state index contributed by atoms with van der Waals surface area (Å²) < 4.78 is 23.6. The zero-order valence-corrected chi connectivity index (χ0v) is 13.7. The molecule has 1 aliphatic rings. The molecule has 0 saturated heterocycles. The second-order valence-electron chi connectivity index (χ2n) is 6.34. The maximum Gasteiger partial charge on any atom is 0.150 e. The minimum absolute atomic E-state index is 0.136. The van der Waals surface area contributed by atoms with Crippen molar-refractivity contribution in [2.75, 3.05) is 6.26 Å². The number of benzene rings is 1. The van der Waals surface area contributed by atoms with Gasteiger partial charge >= 0.3 is 0 Å². The predicted octanol–water partition coefficient (Wildman–Crippen LogP) is 1.97. The van der Waals surface area contributed by atoms with E-state index in [0.717, 1.165) is 32.1 Å². The summed E-state index contributed by atoms with van der Waals surface area (Å²) in [5.41, 5.74) is 5.39. The highest BCUT2D eigenvalue weighted by atomic mass is 32.2. The van der Waals surface area contributed by atoms with E-state index < -0.39 is 9.84 Å². The first-order valence-corrected chi connectivity index (χ1v) is 9.56. The number of hydrogen-bond acceptors (Lipinski definition) is 4. The average molecular weight is 310 g/mol. The highest BCUT2D eigenvalue weighted by molar-refractivity contribution is 7.91. The SMILES string of the molecule is Cc1ccc(CC(NN)C2CCCC(S(C)(=O)=O)C2)cc1. The van der Waals surface area contributed by atoms with Gasteiger partial charge in [0.1, 0.15) is 9.84 Å². The Kier molecular flexibility index (Phi) is 5.41. The van der Waals surface area contributed by atoms with Crippen molar-refractivity contribution in [3.05, 3.63) is 35.4 Å². The van der Waals surface area contributed by atoms with Crippen LogP contribution in [0.1, 0.15) is 36.8 Å². The number of aryl methyl sites for hydroxylation is 1. The third-order valence-corrected chi connectivity index (χ3v) is 6.27. The number of nitrogens with one attached hydrogen (secondary N) is 1. The van der Waals surface area contributed by atoms with E-state index in [1.165, 1.54) is 17.4 Å². The lowest BCUT2D eigenvalue weighted by molar-refractivity contribution is 0.270. The Balaban J connectivity index is 2.04. The highest BCUT2D eigenvalue weighted by Gasteiger charge is 2.32. The van der Waals surface area contributed by atoms with Crippen molar-refractivity contribution < 1.29 is 8.42 Å². The molecule has 1 aromatic carbocycles. The molecular formula is C16H26N2O2S. The first-order valence-electron chi connectivity index (χ1n) is 7.60. The molecule has 2 rings (SSSR count). The Hall–Kier alpha value is -0.910. The molecule has 3 atom stereocenters. The van der Waals surface area contributed by atoms with Gasteiger partial charge in [0, 0.05) is 12.3 Å². The number of nitrogens with two attached hydrogens (primary N) is 1. The van der Waals surface area contributed by atoms with E-state index in [-0.39, 0.29) is 11.3 Å². The van der Waals surface area contributed by atoms with Crippen LogP contribution in [0.2, 0.25) is 0 Å². The van der Waals surface area contributed by atoms with Crippen molar-refractivity contribution in [1.82, 2.24) is 5.43 Å². The van der Waals surface area contributed by atoms with Crippen LogP contribution in [0.3, 0.4) is 0 Å². The lowest BCUT2D eigenvalue weighted by atomic mass is 9.81. The van der Waals surface area contributed by atoms with Crippen molar-refractivity contribution in [3.8, 4) is 0 Å². The van der Waals surface area contributed by atoms with Crippen LogP contribution in [-0.4, -0.2) is 26.0 Å². The molecule has 0 radical (unpaired) electrons. The quantitative estimate of drug-likeness (QED) is 0.644. The second kappa shape index (κ2) is 6.90. The van der Waals surface area contributed by atoms with Gasteiger partial charge in [0.25, 0.3) is 0 Å². The minimum Gasteiger partial charge on any atom is -0.271 e. The summed E-state index contributed by atoms with van der Waals surface area (Å²) in [5, 5.41) is -0.204. The van der Waals surface area contributed by atoms with E-state index in [1.807, 2.05) is 0 Å². The molecule has 3 unspecified atom stereocenters. The summed E-state index contributed by atoms with van der Waals surface area (Å²) in [5.74, 6) is 6.06. The monoisotopic (exact) mass is 310 g/mol. The summed E-state index contributed by atoms with van der Waals surface area (Å²) in [6.45, 7) is 2.07. The van der Waals surface area contributed by atoms with Gasteiger partial charge in [-0.1, -0.05) is 36.2 Å². The number of hydrogen-bond donors (Lipinski definition) is 2. The van der Waals surface area contributed by atoms with Crippen molar-refractivity contribution in [2.45, 2.75) is 50.3 Å². The molecule has 0 bridgehead atoms. The second-order valence-corrected chi connectivity index (χ2v) is 8.67. The van der Waals surface area contributed by atoms with Crippen LogP contribution in [0.15, 0.2) is 24.3 Å². The summed E-state index contributed by atoms with van der Waals surface area (Å²) >= 11 is 0. The van der Waals surface area contributed by atoms with Crippen LogP contribution in [0.25, 0.3) is 0 Å². The van der Waals surface area contributed by atoms with E-state index in [4.69, 9.17) is 5.84 Å². The van der Waals surface area contributed by atoms with Gasteiger partial charge in [-0.3, -0.25) is 11.3 Å². The lowest BCUT2D eigenvalue weighted by Crippen LogP contribution is -2.45. The van der Waals surface area contributed by atoms with Gasteiger partial charge in [0.2, 0.25) is 0 Å². The van der Waals surface area contributed by atoms with Gasteiger partial charge in [-0.25, -0.2) is 8.42 Å². The fourth-order valence-corrected chi connectivity index (χ4v) is 4.47. The number of rotatable bonds is 5. The summed E-state index contributed by atoms with van der Waals surface area (Å²) in [6.07, 6.45) is 5.72. The molecule has 0 aromatic heterocycles. The fraction of sp³-hybridized carbons (Fsp3) is 0.625. The van der Waals surface area contributed by atoms with Crippen molar-refractivity contribution in [1.29, 1.82) is 0 Å². The first kappa shape index (κ1) is 16.5. The molecule has 0 heterocycles. The molecule has 0 spiro atoms. The van der Waals surface area contributed by atoms with Crippen LogP contribution in [0.4, 0.5) is 0 Å². The Bertz CT molecular complexity index is 554. The topological polar surface area (TPSA) is 72.2 Å². The zero-order chi connectivity index (χ0) is 15.5. The van der Waals surface area contributed by atoms with E-state index >= 15 is 0 Å². The normalized spacial score (nSPS) is 24.7. The van der Waals surface area contributed by atoms with Gasteiger partial charge in [-0.05, 0) is 44.1 Å². The van der Waals surface area contributed by atoms with E-state index in [2.05, 4.69) is 36.6 Å². The van der Waals surface area contributed by atoms with Crippen LogP contribution in [-0.2, 0) is 16.3 Å². The lowest BCUT2D eigenvalue weighted by Gasteiger charge is -2.33. The van der Waals surface area contributed by atoms with Gasteiger partial charge in [-0.2, -0.15) is 0 Å². The average Bonchev–Trinajstić information content (AvgIpc) is 2.46. The third-order valence-electron chi connectivity index (χ3n) is 4.63. The van der Waals surface area contributed by atoms with Crippen LogP contribution in [0, 0.1) is 12.8 Å². The number of hydrazine groups is 1. The van der Waals surface area contributed by atoms with Crippen LogP contribution >= 0.6 is 0 Å². The third kappa shape index (κ3) is 4.53. The predicted molar refractivity (Wildman–Crippen MR) is 86.6 cm³/mol. The number of sulfone groups is 1. The van der Waals surface area contributed by atoms with Crippen LogP contribution < -0.4 is 11.3 Å². The maximum absolute atomic E-state index is 11.8. The molecule has 21 heavy (non-hydrogen) atoms. The zero-order valence-electron chi connectivity index (χ0n) is 12.9. The molecule has 3 N–H and O–H groups in total. The smallest absolute Gasteiger partial charge is 0.150 e. The molecule has 1 aromatic rings. The Morgan fingerprint density at radius 1 is 1.29 bits per heavy atom. The molecule has 1 fully saturated rings. The molecular weight excluding hydrogens is 284 g/mol. The summed E-state index contributed by atoms with van der Waals surface area (Å²) in [6, 6.07) is 8.58. The van der Waals surface area contributed by atoms with Crippen molar-refractivity contribution >= 4 is 9.84 Å². The molecule has 1 saturated carbocycles. The minimum atomic E-state index is -2.95. The van der Waals surface area contributed by atoms with Gasteiger partial charge in [0.15, 0.2) is 0 Å².